The summed E-state index contributed by atoms with van der Waals surface area (Å²) in [5.41, 5.74) is 1.52. The van der Waals surface area contributed by atoms with Gasteiger partial charge in [0.2, 0.25) is 5.91 Å². The number of hydrogen-bond acceptors (Lipinski definition) is 7. The molecule has 1 aromatic heterocycles. The average Bonchev–Trinajstić information content (AvgIpc) is 2.99. The first kappa shape index (κ1) is 24.1. The highest BCUT2D eigenvalue weighted by molar-refractivity contribution is 5.89. The molecule has 30 heavy (non-hydrogen) atoms. The van der Waals surface area contributed by atoms with Crippen LogP contribution >= 0.6 is 0 Å². The van der Waals surface area contributed by atoms with E-state index in [9.17, 15) is 23.1 Å². The molecule has 1 spiro atoms. The number of halogens is 3. The van der Waals surface area contributed by atoms with Crippen molar-refractivity contribution in [2.45, 2.75) is 45.5 Å². The molecule has 2 saturated heterocycles. The Hall–Kier alpha value is -2.18. The first-order valence-corrected chi connectivity index (χ1v) is 9.42. The quantitative estimate of drug-likeness (QED) is 0.575. The second kappa shape index (κ2) is 9.31. The van der Waals surface area contributed by atoms with Crippen LogP contribution in [-0.4, -0.2) is 87.2 Å². The molecule has 1 aromatic rings. The lowest BCUT2D eigenvalue weighted by atomic mass is 9.72. The van der Waals surface area contributed by atoms with Crippen LogP contribution in [0.25, 0.3) is 0 Å². The summed E-state index contributed by atoms with van der Waals surface area (Å²) in [6, 6.07) is 0. The topological polar surface area (TPSA) is 127 Å². The van der Waals surface area contributed by atoms with E-state index in [2.05, 4.69) is 10.1 Å². The van der Waals surface area contributed by atoms with Crippen LogP contribution in [0.15, 0.2) is 4.52 Å². The molecule has 170 valence electrons. The van der Waals surface area contributed by atoms with Crippen LogP contribution in [0.4, 0.5) is 13.2 Å². The van der Waals surface area contributed by atoms with Crippen LogP contribution in [0, 0.1) is 19.3 Å². The third-order valence-electron chi connectivity index (χ3n) is 5.34. The number of rotatable bonds is 5. The van der Waals surface area contributed by atoms with Crippen LogP contribution in [-0.2, 0) is 16.1 Å². The highest BCUT2D eigenvalue weighted by Gasteiger charge is 2.53. The summed E-state index contributed by atoms with van der Waals surface area (Å²) in [4.78, 5) is 25.6. The largest absolute Gasteiger partial charge is 0.490 e. The zero-order valence-electron chi connectivity index (χ0n) is 16.8. The molecule has 0 aliphatic carbocycles. The monoisotopic (exact) mass is 437 g/mol. The van der Waals surface area contributed by atoms with Crippen LogP contribution in [0.5, 0.6) is 0 Å². The second-order valence-electron chi connectivity index (χ2n) is 7.72. The van der Waals surface area contributed by atoms with Gasteiger partial charge >= 0.3 is 12.1 Å². The van der Waals surface area contributed by atoms with Crippen molar-refractivity contribution in [2.75, 3.05) is 32.8 Å². The molecule has 2 unspecified atom stereocenters. The fourth-order valence-corrected chi connectivity index (χ4v) is 3.84. The molecule has 2 fully saturated rings. The van der Waals surface area contributed by atoms with Gasteiger partial charge in [-0.2, -0.15) is 13.2 Å². The van der Waals surface area contributed by atoms with Crippen molar-refractivity contribution in [1.29, 1.82) is 0 Å². The Labute approximate surface area is 171 Å². The molecule has 3 rings (SSSR count). The van der Waals surface area contributed by atoms with Crippen molar-refractivity contribution in [1.82, 2.24) is 15.0 Å². The number of amides is 1. The van der Waals surface area contributed by atoms with E-state index in [0.717, 1.165) is 42.9 Å². The van der Waals surface area contributed by atoms with Crippen molar-refractivity contribution >= 4 is 11.9 Å². The van der Waals surface area contributed by atoms with Gasteiger partial charge in [0.15, 0.2) is 0 Å². The Balaban J connectivity index is 0.000000396. The number of aryl methyl sites for hydroxylation is 2. The Kier molecular flexibility index (Phi) is 7.48. The zero-order valence-corrected chi connectivity index (χ0v) is 16.8. The lowest BCUT2D eigenvalue weighted by Crippen LogP contribution is -2.66. The van der Waals surface area contributed by atoms with Crippen molar-refractivity contribution in [2.24, 2.45) is 5.41 Å². The van der Waals surface area contributed by atoms with Gasteiger partial charge in [0.25, 0.3) is 0 Å². The van der Waals surface area contributed by atoms with E-state index in [0.29, 0.717) is 19.6 Å². The van der Waals surface area contributed by atoms with Gasteiger partial charge in [-0.25, -0.2) is 4.79 Å². The van der Waals surface area contributed by atoms with Crippen LogP contribution in [0.2, 0.25) is 0 Å². The highest BCUT2D eigenvalue weighted by Crippen LogP contribution is 2.41. The molecular weight excluding hydrogens is 411 g/mol. The third-order valence-corrected chi connectivity index (χ3v) is 5.34. The van der Waals surface area contributed by atoms with E-state index in [1.54, 1.807) is 0 Å². The number of carboxylic acid groups (broad SMARTS) is 1. The van der Waals surface area contributed by atoms with Gasteiger partial charge in [-0.1, -0.05) is 5.16 Å². The Bertz CT molecular complexity index is 749. The minimum atomic E-state index is -5.08. The number of carboxylic acids is 1. The van der Waals surface area contributed by atoms with Crippen LogP contribution in [0.3, 0.4) is 0 Å². The minimum Gasteiger partial charge on any atom is -0.475 e. The van der Waals surface area contributed by atoms with Gasteiger partial charge < -0.3 is 24.7 Å². The van der Waals surface area contributed by atoms with E-state index < -0.39 is 18.2 Å². The molecule has 0 radical (unpaired) electrons. The van der Waals surface area contributed by atoms with Crippen molar-refractivity contribution in [3.05, 3.63) is 17.0 Å². The molecule has 9 nitrogen and oxygen atoms in total. The molecule has 2 aliphatic rings. The summed E-state index contributed by atoms with van der Waals surface area (Å²) in [6.45, 7) is 6.78. The molecule has 1 amide bonds. The van der Waals surface area contributed by atoms with E-state index in [1.165, 1.54) is 0 Å². The molecule has 2 aliphatic heterocycles. The number of hydrogen-bond donors (Lipinski definition) is 3. The number of carbonyl (C=O) groups is 2. The van der Waals surface area contributed by atoms with Crippen LogP contribution in [0.1, 0.15) is 29.9 Å². The molecule has 3 heterocycles. The summed E-state index contributed by atoms with van der Waals surface area (Å²) < 4.78 is 36.9. The summed E-state index contributed by atoms with van der Waals surface area (Å²) in [6.07, 6.45) is -3.97. The first-order chi connectivity index (χ1) is 13.9. The lowest BCUT2D eigenvalue weighted by Gasteiger charge is -2.53. The molecule has 2 atom stereocenters. The Morgan fingerprint density at radius 3 is 2.43 bits per heavy atom. The Morgan fingerprint density at radius 1 is 1.33 bits per heavy atom. The molecule has 3 N–H and O–H groups in total. The molecule has 12 heteroatoms. The number of aromatic nitrogens is 1. The maximum atomic E-state index is 12.7. The molecular formula is C18H26F3N3O6. The third kappa shape index (κ3) is 5.49. The van der Waals surface area contributed by atoms with Crippen molar-refractivity contribution in [3.63, 3.8) is 0 Å². The number of carbonyl (C=O) groups excluding carboxylic acids is 1. The van der Waals surface area contributed by atoms with E-state index >= 15 is 0 Å². The fourth-order valence-electron chi connectivity index (χ4n) is 3.84. The lowest BCUT2D eigenvalue weighted by molar-refractivity contribution is -0.192. The second-order valence-corrected chi connectivity index (χ2v) is 7.72. The van der Waals surface area contributed by atoms with Crippen molar-refractivity contribution < 1.29 is 42.6 Å². The predicted octanol–water partition coefficient (Wildman–Crippen LogP) is 0.702. The van der Waals surface area contributed by atoms with E-state index in [1.807, 2.05) is 18.7 Å². The van der Waals surface area contributed by atoms with Gasteiger partial charge in [0, 0.05) is 25.2 Å². The fraction of sp³-hybridized carbons (Fsp3) is 0.722. The number of aliphatic hydroxyl groups excluding tert-OH is 2. The number of nitrogens with zero attached hydrogens (tertiary/aromatic N) is 3. The smallest absolute Gasteiger partial charge is 0.475 e. The molecule has 0 aromatic carbocycles. The number of piperidine rings is 1. The zero-order chi connectivity index (χ0) is 22.7. The molecule has 0 saturated carbocycles. The minimum absolute atomic E-state index is 0.181. The van der Waals surface area contributed by atoms with Gasteiger partial charge in [-0.3, -0.25) is 9.69 Å². The van der Waals surface area contributed by atoms with Gasteiger partial charge in [0.1, 0.15) is 5.76 Å². The van der Waals surface area contributed by atoms with Crippen molar-refractivity contribution in [3.8, 4) is 0 Å². The summed E-state index contributed by atoms with van der Waals surface area (Å²) in [5.74, 6) is -1.80. The standard InChI is InChI=1S/C16H25N3O4.C2HF3O2/c1-11-14(12(2)23-17-11)7-19-10-16(15(19)22)4-3-5-18(9-16)6-13(21)8-20;3-2(4,5)1(6)7/h13,20-21H,3-10H2,1-2H3;(H,6,7). The van der Waals surface area contributed by atoms with Crippen LogP contribution < -0.4 is 0 Å². The van der Waals surface area contributed by atoms with E-state index in [-0.39, 0.29) is 17.9 Å². The summed E-state index contributed by atoms with van der Waals surface area (Å²) in [5, 5.41) is 29.7. The molecule has 0 bridgehead atoms. The Morgan fingerprint density at radius 2 is 1.97 bits per heavy atom. The number of β-lactam (4-membered cyclic amide) rings is 1. The number of aliphatic hydroxyl groups is 2. The normalized spacial score (nSPS) is 23.0. The number of aliphatic carboxylic acids is 1. The SMILES string of the molecule is Cc1noc(C)c1CN1CC2(CCCN(CC(O)CO)C2)C1=O.O=C(O)C(F)(F)F. The van der Waals surface area contributed by atoms with Gasteiger partial charge in [-0.15, -0.1) is 0 Å². The summed E-state index contributed by atoms with van der Waals surface area (Å²) in [7, 11) is 0. The number of alkyl halides is 3. The maximum Gasteiger partial charge on any atom is 0.490 e. The number of likely N-dealkylation sites (tertiary alicyclic amines) is 2. The highest BCUT2D eigenvalue weighted by atomic mass is 19.4. The average molecular weight is 437 g/mol. The summed E-state index contributed by atoms with van der Waals surface area (Å²) >= 11 is 0. The number of β-amino-alcohol motifs (C(OH)–C–C–N with tert-alkyl or cyclic N) is 1. The predicted molar refractivity (Wildman–Crippen MR) is 96.3 cm³/mol. The van der Waals surface area contributed by atoms with Gasteiger partial charge in [0.05, 0.1) is 30.4 Å². The van der Waals surface area contributed by atoms with E-state index in [4.69, 9.17) is 19.5 Å². The maximum absolute atomic E-state index is 12.7. The van der Waals surface area contributed by atoms with Gasteiger partial charge in [-0.05, 0) is 33.2 Å². The first-order valence-electron chi connectivity index (χ1n) is 9.42.